The van der Waals surface area contributed by atoms with Gasteiger partial charge >= 0.3 is 11.9 Å². The van der Waals surface area contributed by atoms with Crippen LogP contribution >= 0.6 is 0 Å². The van der Waals surface area contributed by atoms with E-state index < -0.39 is 0 Å². The van der Waals surface area contributed by atoms with Crippen LogP contribution in [0.5, 0.6) is 0 Å². The number of ketones is 1. The molecule has 0 radical (unpaired) electrons. The Bertz CT molecular complexity index is 802. The summed E-state index contributed by atoms with van der Waals surface area (Å²) in [5.41, 5.74) is 0.355. The highest BCUT2D eigenvalue weighted by molar-refractivity contribution is 5.83. The first kappa shape index (κ1) is 24.7. The summed E-state index contributed by atoms with van der Waals surface area (Å²) in [5, 5.41) is 0. The van der Waals surface area contributed by atoms with E-state index in [4.69, 9.17) is 9.47 Å². The van der Waals surface area contributed by atoms with Crippen molar-refractivity contribution in [3.05, 3.63) is 0 Å². The SMILES string of the molecule is COC(=O)CCC(C)(C)[C@H]1CC[C@H]2[C@@H]3CC(=O)[C@H]4C[C@H](OC(C)=O)CC[C@]4(C)[C@H]3CC[C@]12C. The van der Waals surface area contributed by atoms with Crippen molar-refractivity contribution in [2.75, 3.05) is 7.11 Å². The lowest BCUT2D eigenvalue weighted by molar-refractivity contribution is -0.170. The standard InChI is InChI=1S/C28H44O5/c1-17(29)33-18-9-13-27(4)21-10-14-28(5)20(19(21)16-23(30)22(27)15-18)7-8-24(28)26(2,3)12-11-25(31)32-6/h18-22,24H,7-16H2,1-6H3/t18-,19+,20+,21+,22-,24-,27-,28+/m1/s1. The summed E-state index contributed by atoms with van der Waals surface area (Å²) >= 11 is 0. The molecule has 186 valence electrons. The van der Waals surface area contributed by atoms with Gasteiger partial charge in [0.15, 0.2) is 0 Å². The lowest BCUT2D eigenvalue weighted by Crippen LogP contribution is -2.57. The summed E-state index contributed by atoms with van der Waals surface area (Å²) in [4.78, 5) is 36.8. The van der Waals surface area contributed by atoms with Gasteiger partial charge in [0.25, 0.3) is 0 Å². The molecular weight excluding hydrogens is 416 g/mol. The van der Waals surface area contributed by atoms with Crippen LogP contribution in [0, 0.1) is 45.8 Å². The molecule has 0 aromatic heterocycles. The molecule has 0 aromatic carbocycles. The van der Waals surface area contributed by atoms with Gasteiger partial charge in [-0.1, -0.05) is 27.7 Å². The largest absolute Gasteiger partial charge is 0.469 e. The van der Waals surface area contributed by atoms with Crippen molar-refractivity contribution in [3.63, 3.8) is 0 Å². The molecule has 4 rings (SSSR count). The van der Waals surface area contributed by atoms with E-state index >= 15 is 0 Å². The second-order valence-electron chi connectivity index (χ2n) is 12.9. The fraction of sp³-hybridized carbons (Fsp3) is 0.893. The van der Waals surface area contributed by atoms with Crippen molar-refractivity contribution in [1.29, 1.82) is 0 Å². The maximum absolute atomic E-state index is 13.5. The van der Waals surface area contributed by atoms with Crippen molar-refractivity contribution in [2.24, 2.45) is 45.8 Å². The van der Waals surface area contributed by atoms with Gasteiger partial charge in [-0.25, -0.2) is 0 Å². The molecule has 4 aliphatic rings. The molecule has 8 atom stereocenters. The van der Waals surface area contributed by atoms with Crippen molar-refractivity contribution in [2.45, 2.75) is 105 Å². The van der Waals surface area contributed by atoms with Crippen molar-refractivity contribution < 1.29 is 23.9 Å². The summed E-state index contributed by atoms with van der Waals surface area (Å²) in [5.74, 6) is 2.32. The van der Waals surface area contributed by atoms with Crippen molar-refractivity contribution in [3.8, 4) is 0 Å². The van der Waals surface area contributed by atoms with Gasteiger partial charge in [0, 0.05) is 25.7 Å². The summed E-state index contributed by atoms with van der Waals surface area (Å²) in [6.45, 7) is 11.0. The molecule has 0 saturated heterocycles. The molecule has 4 fully saturated rings. The number of fused-ring (bicyclic) bond motifs is 5. The van der Waals surface area contributed by atoms with Gasteiger partial charge in [0.2, 0.25) is 0 Å². The van der Waals surface area contributed by atoms with E-state index in [1.807, 2.05) is 0 Å². The molecule has 0 N–H and O–H groups in total. The van der Waals surface area contributed by atoms with Crippen LogP contribution in [-0.4, -0.2) is 30.9 Å². The zero-order valence-corrected chi connectivity index (χ0v) is 21.6. The second kappa shape index (κ2) is 8.68. The van der Waals surface area contributed by atoms with E-state index in [9.17, 15) is 14.4 Å². The normalized spacial score (nSPS) is 42.7. The second-order valence-corrected chi connectivity index (χ2v) is 12.9. The Morgan fingerprint density at radius 1 is 1.03 bits per heavy atom. The van der Waals surface area contributed by atoms with E-state index in [0.717, 1.165) is 19.3 Å². The molecular formula is C28H44O5. The molecule has 5 heteroatoms. The minimum Gasteiger partial charge on any atom is -0.469 e. The quantitative estimate of drug-likeness (QED) is 0.490. The van der Waals surface area contributed by atoms with Gasteiger partial charge in [-0.15, -0.1) is 0 Å². The summed E-state index contributed by atoms with van der Waals surface area (Å²) < 4.78 is 10.4. The smallest absolute Gasteiger partial charge is 0.305 e. The Balaban J connectivity index is 1.53. The minimum atomic E-state index is -0.231. The predicted octanol–water partition coefficient (Wildman–Crippen LogP) is 5.74. The van der Waals surface area contributed by atoms with Gasteiger partial charge in [-0.05, 0) is 91.3 Å². The van der Waals surface area contributed by atoms with Crippen LogP contribution in [0.2, 0.25) is 0 Å². The van der Waals surface area contributed by atoms with E-state index in [1.54, 1.807) is 0 Å². The number of ether oxygens (including phenoxy) is 2. The van der Waals surface area contributed by atoms with Crippen molar-refractivity contribution in [1.82, 2.24) is 0 Å². The van der Waals surface area contributed by atoms with Gasteiger partial charge in [-0.2, -0.15) is 0 Å². The van der Waals surface area contributed by atoms with Crippen LogP contribution in [0.4, 0.5) is 0 Å². The lowest BCUT2D eigenvalue weighted by Gasteiger charge is -2.61. The molecule has 33 heavy (non-hydrogen) atoms. The number of Topliss-reactive ketones (excluding diaryl/α,β-unsaturated/α-hetero) is 1. The van der Waals surface area contributed by atoms with E-state index in [0.29, 0.717) is 48.7 Å². The average Bonchev–Trinajstić information content (AvgIpc) is 3.11. The molecule has 4 aliphatic carbocycles. The average molecular weight is 461 g/mol. The number of rotatable bonds is 5. The zero-order chi connectivity index (χ0) is 24.2. The van der Waals surface area contributed by atoms with Crippen LogP contribution in [0.25, 0.3) is 0 Å². The Kier molecular flexibility index (Phi) is 6.50. The number of hydrogen-bond donors (Lipinski definition) is 0. The molecule has 0 heterocycles. The lowest BCUT2D eigenvalue weighted by atomic mass is 9.43. The van der Waals surface area contributed by atoms with Gasteiger partial charge in [0.1, 0.15) is 11.9 Å². The fourth-order valence-corrected chi connectivity index (χ4v) is 9.33. The third kappa shape index (κ3) is 4.16. The van der Waals surface area contributed by atoms with E-state index in [-0.39, 0.29) is 40.2 Å². The molecule has 4 saturated carbocycles. The summed E-state index contributed by atoms with van der Waals surface area (Å²) in [6, 6.07) is 0. The molecule has 0 bridgehead atoms. The Morgan fingerprint density at radius 3 is 2.36 bits per heavy atom. The highest BCUT2D eigenvalue weighted by Crippen LogP contribution is 2.69. The highest BCUT2D eigenvalue weighted by Gasteiger charge is 2.63. The number of methoxy groups -OCH3 is 1. The van der Waals surface area contributed by atoms with Crippen LogP contribution in [0.3, 0.4) is 0 Å². The monoisotopic (exact) mass is 460 g/mol. The van der Waals surface area contributed by atoms with Gasteiger partial charge < -0.3 is 9.47 Å². The van der Waals surface area contributed by atoms with E-state index in [2.05, 4.69) is 27.7 Å². The summed E-state index contributed by atoms with van der Waals surface area (Å²) in [6.07, 6.45) is 9.34. The Hall–Kier alpha value is -1.39. The predicted molar refractivity (Wildman–Crippen MR) is 126 cm³/mol. The molecule has 0 unspecified atom stereocenters. The van der Waals surface area contributed by atoms with Crippen LogP contribution in [-0.2, 0) is 23.9 Å². The fourth-order valence-electron chi connectivity index (χ4n) is 9.33. The van der Waals surface area contributed by atoms with Gasteiger partial charge in [-0.3, -0.25) is 14.4 Å². The number of esters is 2. The third-order valence-electron chi connectivity index (χ3n) is 10.9. The van der Waals surface area contributed by atoms with Crippen LogP contribution in [0.15, 0.2) is 0 Å². The third-order valence-corrected chi connectivity index (χ3v) is 10.9. The number of hydrogen-bond acceptors (Lipinski definition) is 5. The summed E-state index contributed by atoms with van der Waals surface area (Å²) in [7, 11) is 1.47. The Morgan fingerprint density at radius 2 is 1.70 bits per heavy atom. The first-order chi connectivity index (χ1) is 15.4. The molecule has 0 aliphatic heterocycles. The Labute approximate surface area is 199 Å². The molecule has 5 nitrogen and oxygen atoms in total. The molecule has 0 amide bonds. The first-order valence-corrected chi connectivity index (χ1v) is 13.2. The maximum atomic E-state index is 13.5. The van der Waals surface area contributed by atoms with E-state index in [1.165, 1.54) is 39.7 Å². The first-order valence-electron chi connectivity index (χ1n) is 13.2. The zero-order valence-electron chi connectivity index (χ0n) is 21.6. The number of carbonyl (C=O) groups is 3. The van der Waals surface area contributed by atoms with Crippen LogP contribution in [0.1, 0.15) is 98.8 Å². The molecule has 0 spiro atoms. The topological polar surface area (TPSA) is 69.7 Å². The number of carbonyl (C=O) groups excluding carboxylic acids is 3. The minimum absolute atomic E-state index is 0.0369. The van der Waals surface area contributed by atoms with Crippen LogP contribution < -0.4 is 0 Å². The molecule has 0 aromatic rings. The highest BCUT2D eigenvalue weighted by atomic mass is 16.5. The maximum Gasteiger partial charge on any atom is 0.305 e. The van der Waals surface area contributed by atoms with Crippen molar-refractivity contribution >= 4 is 17.7 Å². The van der Waals surface area contributed by atoms with Gasteiger partial charge in [0.05, 0.1) is 7.11 Å².